The van der Waals surface area contributed by atoms with Crippen LogP contribution in [0.25, 0.3) is 11.3 Å². The zero-order valence-electron chi connectivity index (χ0n) is 19.2. The number of nitrogens with zero attached hydrogens (tertiary/aromatic N) is 5. The Balaban J connectivity index is 1.43. The number of nitro benzene ring substituents is 1. The molecule has 1 fully saturated rings. The van der Waals surface area contributed by atoms with Gasteiger partial charge < -0.3 is 19.3 Å². The van der Waals surface area contributed by atoms with Gasteiger partial charge >= 0.3 is 0 Å². The predicted octanol–water partition coefficient (Wildman–Crippen LogP) is 3.34. The lowest BCUT2D eigenvalue weighted by molar-refractivity contribution is -0.385. The zero-order chi connectivity index (χ0) is 24.2. The van der Waals surface area contributed by atoms with Crippen LogP contribution in [0.3, 0.4) is 0 Å². The minimum atomic E-state index is -0.464. The zero-order valence-corrected chi connectivity index (χ0v) is 19.2. The van der Waals surface area contributed by atoms with Gasteiger partial charge in [-0.15, -0.1) is 10.2 Å². The molecular weight excluding hydrogens is 438 g/mol. The fourth-order valence-corrected chi connectivity index (χ4v) is 4.01. The average Bonchev–Trinajstić information content (AvgIpc) is 2.88. The van der Waals surface area contributed by atoms with Crippen molar-refractivity contribution in [1.82, 2.24) is 15.1 Å². The molecule has 1 aliphatic rings. The van der Waals surface area contributed by atoms with E-state index in [-0.39, 0.29) is 11.6 Å². The monoisotopic (exact) mass is 463 g/mol. The number of hydrogen-bond donors (Lipinski definition) is 0. The van der Waals surface area contributed by atoms with Crippen molar-refractivity contribution in [3.8, 4) is 22.8 Å². The van der Waals surface area contributed by atoms with Crippen LogP contribution in [0.4, 0.5) is 11.5 Å². The van der Waals surface area contributed by atoms with Gasteiger partial charge in [0.2, 0.25) is 0 Å². The van der Waals surface area contributed by atoms with Crippen molar-refractivity contribution in [2.45, 2.75) is 6.92 Å². The summed E-state index contributed by atoms with van der Waals surface area (Å²) in [6.45, 7) is 3.76. The molecule has 3 aromatic rings. The Morgan fingerprint density at radius 2 is 1.71 bits per heavy atom. The SMILES string of the molecule is COc1ccc(-c2ccc(N3CCN(C(=O)c4cccc([N+](=O)[O-])c4C)CC3)nn2)cc1OC. The van der Waals surface area contributed by atoms with E-state index in [1.165, 1.54) is 6.07 Å². The summed E-state index contributed by atoms with van der Waals surface area (Å²) in [7, 11) is 3.17. The molecule has 0 aliphatic carbocycles. The van der Waals surface area contributed by atoms with E-state index in [2.05, 4.69) is 15.1 Å². The van der Waals surface area contributed by atoms with Gasteiger partial charge in [-0.1, -0.05) is 6.07 Å². The Hall–Kier alpha value is -4.21. The van der Waals surface area contributed by atoms with Gasteiger partial charge in [0.05, 0.1) is 24.8 Å². The summed E-state index contributed by atoms with van der Waals surface area (Å²) >= 11 is 0. The molecule has 0 bridgehead atoms. The molecule has 1 saturated heterocycles. The first-order valence-corrected chi connectivity index (χ1v) is 10.8. The summed E-state index contributed by atoms with van der Waals surface area (Å²) in [6, 6.07) is 14.0. The number of carbonyl (C=O) groups is 1. The second kappa shape index (κ2) is 9.74. The third kappa shape index (κ3) is 4.47. The van der Waals surface area contributed by atoms with Crippen LogP contribution >= 0.6 is 0 Å². The van der Waals surface area contributed by atoms with Gasteiger partial charge in [0.25, 0.3) is 11.6 Å². The van der Waals surface area contributed by atoms with Gasteiger partial charge in [-0.05, 0) is 43.3 Å². The summed E-state index contributed by atoms with van der Waals surface area (Å²) in [5, 5.41) is 19.9. The van der Waals surface area contributed by atoms with Crippen molar-refractivity contribution in [3.05, 3.63) is 69.8 Å². The lowest BCUT2D eigenvalue weighted by Crippen LogP contribution is -2.49. The van der Waals surface area contributed by atoms with Gasteiger partial charge in [-0.3, -0.25) is 14.9 Å². The van der Waals surface area contributed by atoms with Crippen LogP contribution in [0.1, 0.15) is 15.9 Å². The summed E-state index contributed by atoms with van der Waals surface area (Å²) in [5.74, 6) is 1.78. The van der Waals surface area contributed by atoms with E-state index in [1.54, 1.807) is 38.2 Å². The molecule has 34 heavy (non-hydrogen) atoms. The van der Waals surface area contributed by atoms with E-state index in [9.17, 15) is 14.9 Å². The largest absolute Gasteiger partial charge is 0.493 e. The number of methoxy groups -OCH3 is 2. The Morgan fingerprint density at radius 1 is 0.971 bits per heavy atom. The summed E-state index contributed by atoms with van der Waals surface area (Å²) in [4.78, 5) is 27.5. The molecule has 0 saturated carbocycles. The smallest absolute Gasteiger partial charge is 0.273 e. The molecule has 0 N–H and O–H groups in total. The van der Waals surface area contributed by atoms with Gasteiger partial charge in [-0.25, -0.2) is 0 Å². The second-order valence-electron chi connectivity index (χ2n) is 7.83. The minimum absolute atomic E-state index is 0.0469. The van der Waals surface area contributed by atoms with Gasteiger partial charge in [0.1, 0.15) is 0 Å². The van der Waals surface area contributed by atoms with Crippen molar-refractivity contribution in [2.75, 3.05) is 45.3 Å². The standard InChI is InChI=1S/C24H25N5O5/c1-16-18(5-4-6-20(16)29(31)32)24(30)28-13-11-27(12-14-28)23-10-8-19(25-26-23)17-7-9-21(33-2)22(15-17)34-3/h4-10,15H,11-14H2,1-3H3. The van der Waals surface area contributed by atoms with Crippen molar-refractivity contribution in [1.29, 1.82) is 0 Å². The predicted molar refractivity (Wildman–Crippen MR) is 127 cm³/mol. The van der Waals surface area contributed by atoms with E-state index in [0.717, 1.165) is 11.4 Å². The highest BCUT2D eigenvalue weighted by molar-refractivity contribution is 5.96. The number of amides is 1. The van der Waals surface area contributed by atoms with E-state index in [1.807, 2.05) is 30.3 Å². The van der Waals surface area contributed by atoms with Crippen molar-refractivity contribution >= 4 is 17.4 Å². The summed E-state index contributed by atoms with van der Waals surface area (Å²) in [6.07, 6.45) is 0. The fourth-order valence-electron chi connectivity index (χ4n) is 4.01. The number of aromatic nitrogens is 2. The Bertz CT molecular complexity index is 1210. The molecule has 1 amide bonds. The number of hydrogen-bond acceptors (Lipinski definition) is 8. The molecule has 1 aromatic heterocycles. The van der Waals surface area contributed by atoms with E-state index in [0.29, 0.717) is 54.5 Å². The average molecular weight is 463 g/mol. The number of piperazine rings is 1. The molecule has 2 heterocycles. The summed E-state index contributed by atoms with van der Waals surface area (Å²) in [5.41, 5.74) is 2.27. The van der Waals surface area contributed by atoms with Crippen LogP contribution in [-0.4, -0.2) is 66.3 Å². The van der Waals surface area contributed by atoms with E-state index >= 15 is 0 Å². The van der Waals surface area contributed by atoms with Crippen molar-refractivity contribution in [3.63, 3.8) is 0 Å². The lowest BCUT2D eigenvalue weighted by atomic mass is 10.1. The topological polar surface area (TPSA) is 111 Å². The molecule has 0 atom stereocenters. The van der Waals surface area contributed by atoms with Crippen LogP contribution in [-0.2, 0) is 0 Å². The highest BCUT2D eigenvalue weighted by Crippen LogP contribution is 2.31. The molecule has 0 spiro atoms. The highest BCUT2D eigenvalue weighted by atomic mass is 16.6. The number of anilines is 1. The molecular formula is C24H25N5O5. The van der Waals surface area contributed by atoms with Crippen molar-refractivity contribution in [2.24, 2.45) is 0 Å². The van der Waals surface area contributed by atoms with Crippen LogP contribution < -0.4 is 14.4 Å². The van der Waals surface area contributed by atoms with Crippen LogP contribution in [0.2, 0.25) is 0 Å². The first-order valence-electron chi connectivity index (χ1n) is 10.8. The Morgan fingerprint density at radius 3 is 2.32 bits per heavy atom. The summed E-state index contributed by atoms with van der Waals surface area (Å²) < 4.78 is 10.6. The van der Waals surface area contributed by atoms with Crippen LogP contribution in [0.15, 0.2) is 48.5 Å². The Labute approximate surface area is 196 Å². The van der Waals surface area contributed by atoms with E-state index < -0.39 is 4.92 Å². The first kappa shape index (κ1) is 23.0. The normalized spacial score (nSPS) is 13.5. The first-order chi connectivity index (χ1) is 16.4. The van der Waals surface area contributed by atoms with Gasteiger partial charge in [0.15, 0.2) is 17.3 Å². The molecule has 4 rings (SSSR count). The molecule has 1 aliphatic heterocycles. The molecule has 10 nitrogen and oxygen atoms in total. The second-order valence-corrected chi connectivity index (χ2v) is 7.83. The number of nitro groups is 1. The number of benzene rings is 2. The van der Waals surface area contributed by atoms with Crippen LogP contribution in [0.5, 0.6) is 11.5 Å². The maximum atomic E-state index is 13.0. The quantitative estimate of drug-likeness (QED) is 0.404. The van der Waals surface area contributed by atoms with Crippen molar-refractivity contribution < 1.29 is 19.2 Å². The number of ether oxygens (including phenoxy) is 2. The molecule has 0 unspecified atom stereocenters. The third-order valence-electron chi connectivity index (χ3n) is 5.95. The fraction of sp³-hybridized carbons (Fsp3) is 0.292. The van der Waals surface area contributed by atoms with Crippen LogP contribution in [0, 0.1) is 17.0 Å². The molecule has 10 heteroatoms. The number of rotatable bonds is 6. The maximum Gasteiger partial charge on any atom is 0.273 e. The van der Waals surface area contributed by atoms with Gasteiger partial charge in [0, 0.05) is 48.9 Å². The third-order valence-corrected chi connectivity index (χ3v) is 5.95. The Kier molecular flexibility index (Phi) is 6.58. The van der Waals surface area contributed by atoms with Gasteiger partial charge in [-0.2, -0.15) is 0 Å². The molecule has 0 radical (unpaired) electrons. The maximum absolute atomic E-state index is 13.0. The van der Waals surface area contributed by atoms with E-state index in [4.69, 9.17) is 9.47 Å². The minimum Gasteiger partial charge on any atom is -0.493 e. The lowest BCUT2D eigenvalue weighted by Gasteiger charge is -2.35. The molecule has 176 valence electrons. The molecule has 2 aromatic carbocycles. The number of carbonyl (C=O) groups excluding carboxylic acids is 1. The highest BCUT2D eigenvalue weighted by Gasteiger charge is 2.26.